The van der Waals surface area contributed by atoms with E-state index in [1.165, 1.54) is 19.5 Å². The van der Waals surface area contributed by atoms with E-state index in [9.17, 15) is 4.79 Å². The SMILES string of the molecule is COC(=O)c1cncc(Oc2ccc(SC)cc2)n1. The molecule has 0 aliphatic rings. The highest BCUT2D eigenvalue weighted by molar-refractivity contribution is 7.98. The fourth-order valence-corrected chi connectivity index (χ4v) is 1.77. The van der Waals surface area contributed by atoms with Gasteiger partial charge in [0.2, 0.25) is 5.88 Å². The van der Waals surface area contributed by atoms with Gasteiger partial charge >= 0.3 is 5.97 Å². The van der Waals surface area contributed by atoms with E-state index < -0.39 is 5.97 Å². The largest absolute Gasteiger partial charge is 0.464 e. The Morgan fingerprint density at radius 2 is 1.95 bits per heavy atom. The molecule has 98 valence electrons. The van der Waals surface area contributed by atoms with Crippen LogP contribution in [0.2, 0.25) is 0 Å². The smallest absolute Gasteiger partial charge is 0.358 e. The average molecular weight is 276 g/mol. The number of esters is 1. The van der Waals surface area contributed by atoms with Crippen LogP contribution in [0.1, 0.15) is 10.5 Å². The number of methoxy groups -OCH3 is 1. The summed E-state index contributed by atoms with van der Waals surface area (Å²) in [5.74, 6) is 0.338. The molecule has 19 heavy (non-hydrogen) atoms. The quantitative estimate of drug-likeness (QED) is 0.632. The molecule has 2 aromatic rings. The van der Waals surface area contributed by atoms with Crippen LogP contribution in [0.25, 0.3) is 0 Å². The second-order valence-electron chi connectivity index (χ2n) is 3.51. The first-order chi connectivity index (χ1) is 9.22. The summed E-state index contributed by atoms with van der Waals surface area (Å²) < 4.78 is 10.1. The molecule has 0 saturated carbocycles. The zero-order valence-corrected chi connectivity index (χ0v) is 11.3. The van der Waals surface area contributed by atoms with E-state index in [2.05, 4.69) is 14.7 Å². The molecule has 5 nitrogen and oxygen atoms in total. The molecule has 0 saturated heterocycles. The van der Waals surface area contributed by atoms with Crippen molar-refractivity contribution in [1.29, 1.82) is 0 Å². The molecule has 0 radical (unpaired) electrons. The van der Waals surface area contributed by atoms with Crippen molar-refractivity contribution < 1.29 is 14.3 Å². The van der Waals surface area contributed by atoms with Gasteiger partial charge in [-0.15, -0.1) is 11.8 Å². The molecular formula is C13H12N2O3S. The number of ether oxygens (including phenoxy) is 2. The number of hydrogen-bond donors (Lipinski definition) is 0. The lowest BCUT2D eigenvalue weighted by molar-refractivity contribution is 0.0592. The second kappa shape index (κ2) is 6.19. The van der Waals surface area contributed by atoms with Crippen LogP contribution >= 0.6 is 11.8 Å². The molecule has 0 amide bonds. The fraction of sp³-hybridized carbons (Fsp3) is 0.154. The van der Waals surface area contributed by atoms with Crippen LogP contribution in [0.5, 0.6) is 11.6 Å². The van der Waals surface area contributed by atoms with Crippen LogP contribution < -0.4 is 4.74 Å². The van der Waals surface area contributed by atoms with E-state index in [-0.39, 0.29) is 11.6 Å². The molecule has 0 bridgehead atoms. The average Bonchev–Trinajstić information content (AvgIpc) is 2.47. The summed E-state index contributed by atoms with van der Waals surface area (Å²) in [5, 5.41) is 0. The maximum absolute atomic E-state index is 11.3. The Morgan fingerprint density at radius 3 is 2.58 bits per heavy atom. The fourth-order valence-electron chi connectivity index (χ4n) is 1.36. The third kappa shape index (κ3) is 3.45. The number of carbonyl (C=O) groups excluding carboxylic acids is 1. The molecule has 0 aliphatic heterocycles. The van der Waals surface area contributed by atoms with Crippen molar-refractivity contribution in [3.05, 3.63) is 42.4 Å². The maximum atomic E-state index is 11.3. The lowest BCUT2D eigenvalue weighted by atomic mass is 10.3. The van der Waals surface area contributed by atoms with Gasteiger partial charge in [0.1, 0.15) is 5.75 Å². The van der Waals surface area contributed by atoms with Gasteiger partial charge in [0.05, 0.1) is 19.5 Å². The lowest BCUT2D eigenvalue weighted by Gasteiger charge is -2.05. The summed E-state index contributed by atoms with van der Waals surface area (Å²) in [6.07, 6.45) is 4.77. The zero-order valence-electron chi connectivity index (χ0n) is 10.5. The number of hydrogen-bond acceptors (Lipinski definition) is 6. The highest BCUT2D eigenvalue weighted by Gasteiger charge is 2.09. The first-order valence-electron chi connectivity index (χ1n) is 5.45. The van der Waals surface area contributed by atoms with Gasteiger partial charge in [0.25, 0.3) is 0 Å². The third-order valence-electron chi connectivity index (χ3n) is 2.29. The molecule has 1 aromatic carbocycles. The van der Waals surface area contributed by atoms with Gasteiger partial charge in [-0.1, -0.05) is 0 Å². The summed E-state index contributed by atoms with van der Waals surface area (Å²) in [6, 6.07) is 7.55. The van der Waals surface area contributed by atoms with Crippen molar-refractivity contribution >= 4 is 17.7 Å². The van der Waals surface area contributed by atoms with Gasteiger partial charge in [-0.2, -0.15) is 0 Å². The monoisotopic (exact) mass is 276 g/mol. The molecular weight excluding hydrogens is 264 g/mol. The summed E-state index contributed by atoms with van der Waals surface area (Å²) in [6.45, 7) is 0. The van der Waals surface area contributed by atoms with Crippen molar-refractivity contribution in [3.63, 3.8) is 0 Å². The van der Waals surface area contributed by atoms with Gasteiger partial charge < -0.3 is 9.47 Å². The Hall–Kier alpha value is -2.08. The molecule has 1 heterocycles. The minimum atomic E-state index is -0.546. The van der Waals surface area contributed by atoms with Gasteiger partial charge in [-0.25, -0.2) is 9.78 Å². The van der Waals surface area contributed by atoms with E-state index in [1.807, 2.05) is 30.5 Å². The number of rotatable bonds is 4. The summed E-state index contributed by atoms with van der Waals surface area (Å²) in [5.41, 5.74) is 0.112. The molecule has 0 atom stereocenters. The van der Waals surface area contributed by atoms with Crippen molar-refractivity contribution in [3.8, 4) is 11.6 Å². The standard InChI is InChI=1S/C13H12N2O3S/c1-17-13(16)11-7-14-8-12(15-11)18-9-3-5-10(19-2)6-4-9/h3-8H,1-2H3. The summed E-state index contributed by atoms with van der Waals surface area (Å²) >= 11 is 1.65. The molecule has 2 rings (SSSR count). The molecule has 0 N–H and O–H groups in total. The zero-order chi connectivity index (χ0) is 13.7. The van der Waals surface area contributed by atoms with Crippen molar-refractivity contribution in [1.82, 2.24) is 9.97 Å². The Kier molecular flexibility index (Phi) is 4.35. The predicted octanol–water partition coefficient (Wildman–Crippen LogP) is 2.78. The van der Waals surface area contributed by atoms with Crippen molar-refractivity contribution in [2.24, 2.45) is 0 Å². The van der Waals surface area contributed by atoms with Crippen LogP contribution in [0.3, 0.4) is 0 Å². The number of aromatic nitrogens is 2. The maximum Gasteiger partial charge on any atom is 0.358 e. The summed E-state index contributed by atoms with van der Waals surface area (Å²) in [7, 11) is 1.29. The first-order valence-corrected chi connectivity index (χ1v) is 6.67. The van der Waals surface area contributed by atoms with Gasteiger partial charge in [-0.3, -0.25) is 4.98 Å². The number of carbonyl (C=O) groups is 1. The van der Waals surface area contributed by atoms with Crippen molar-refractivity contribution in [2.45, 2.75) is 4.90 Å². The minimum Gasteiger partial charge on any atom is -0.464 e. The molecule has 0 unspecified atom stereocenters. The van der Waals surface area contributed by atoms with Gasteiger partial charge in [0.15, 0.2) is 5.69 Å². The van der Waals surface area contributed by atoms with Crippen LogP contribution in [-0.2, 0) is 4.74 Å². The normalized spacial score (nSPS) is 10.0. The Balaban J connectivity index is 2.16. The highest BCUT2D eigenvalue weighted by Crippen LogP contribution is 2.22. The van der Waals surface area contributed by atoms with E-state index in [1.54, 1.807) is 11.8 Å². The van der Waals surface area contributed by atoms with Gasteiger partial charge in [0, 0.05) is 4.90 Å². The topological polar surface area (TPSA) is 61.3 Å². The number of thioether (sulfide) groups is 1. The minimum absolute atomic E-state index is 0.112. The van der Waals surface area contributed by atoms with Crippen LogP contribution in [0, 0.1) is 0 Å². The predicted molar refractivity (Wildman–Crippen MR) is 71.7 cm³/mol. The molecule has 6 heteroatoms. The van der Waals surface area contributed by atoms with E-state index in [4.69, 9.17) is 4.74 Å². The molecule has 1 aromatic heterocycles. The number of nitrogens with zero attached hydrogens (tertiary/aromatic N) is 2. The third-order valence-corrected chi connectivity index (χ3v) is 3.03. The van der Waals surface area contributed by atoms with E-state index >= 15 is 0 Å². The van der Waals surface area contributed by atoms with E-state index in [0.717, 1.165) is 4.90 Å². The number of benzene rings is 1. The Bertz CT molecular complexity index is 572. The first kappa shape index (κ1) is 13.4. The van der Waals surface area contributed by atoms with Crippen LogP contribution in [0.15, 0.2) is 41.6 Å². The van der Waals surface area contributed by atoms with Crippen molar-refractivity contribution in [2.75, 3.05) is 13.4 Å². The lowest BCUT2D eigenvalue weighted by Crippen LogP contribution is -2.05. The molecule has 0 fully saturated rings. The van der Waals surface area contributed by atoms with Crippen LogP contribution in [0.4, 0.5) is 0 Å². The van der Waals surface area contributed by atoms with Gasteiger partial charge in [-0.05, 0) is 30.5 Å². The Morgan fingerprint density at radius 1 is 1.21 bits per heavy atom. The molecule has 0 spiro atoms. The second-order valence-corrected chi connectivity index (χ2v) is 4.39. The highest BCUT2D eigenvalue weighted by atomic mass is 32.2. The van der Waals surface area contributed by atoms with Crippen LogP contribution in [-0.4, -0.2) is 29.3 Å². The molecule has 0 aliphatic carbocycles. The summed E-state index contributed by atoms with van der Waals surface area (Å²) in [4.78, 5) is 20.4. The Labute approximate surface area is 115 Å². The van der Waals surface area contributed by atoms with E-state index in [0.29, 0.717) is 5.75 Å².